The summed E-state index contributed by atoms with van der Waals surface area (Å²) in [6.45, 7) is 0. The minimum atomic E-state index is -0.0969. The number of nitrogens with zero attached hydrogens (tertiary/aromatic N) is 1. The fourth-order valence-corrected chi connectivity index (χ4v) is 4.15. The second kappa shape index (κ2) is 6.37. The van der Waals surface area contributed by atoms with E-state index in [0.717, 1.165) is 37.9 Å². The molecule has 1 amide bonds. The molecule has 0 aliphatic carbocycles. The number of thiophene rings is 1. The summed E-state index contributed by atoms with van der Waals surface area (Å²) < 4.78 is 1.11. The molecular formula is C22H15N3OS. The van der Waals surface area contributed by atoms with Gasteiger partial charge < -0.3 is 5.32 Å². The standard InChI is InChI=1S/C22H15N3OS/c26-22(20-12-15-8-4-5-9-19(15)27-20)23-16-10-11-18-17(13-16)21(25-24-18)14-6-2-1-3-7-14/h1-13H,(H,23,26)(H,24,25). The van der Waals surface area contributed by atoms with Gasteiger partial charge in [0.05, 0.1) is 16.1 Å². The molecule has 2 heterocycles. The van der Waals surface area contributed by atoms with Gasteiger partial charge in [0, 0.05) is 21.3 Å². The first-order chi connectivity index (χ1) is 13.3. The Labute approximate surface area is 159 Å². The van der Waals surface area contributed by atoms with Crippen LogP contribution in [0.25, 0.3) is 32.2 Å². The lowest BCUT2D eigenvalue weighted by Gasteiger charge is -2.04. The van der Waals surface area contributed by atoms with Crippen molar-refractivity contribution in [3.63, 3.8) is 0 Å². The average Bonchev–Trinajstić information content (AvgIpc) is 3.32. The van der Waals surface area contributed by atoms with E-state index in [-0.39, 0.29) is 5.91 Å². The van der Waals surface area contributed by atoms with E-state index in [4.69, 9.17) is 0 Å². The molecule has 2 aromatic heterocycles. The molecule has 0 radical (unpaired) electrons. The molecule has 27 heavy (non-hydrogen) atoms. The fraction of sp³-hybridized carbons (Fsp3) is 0. The Morgan fingerprint density at radius 2 is 1.74 bits per heavy atom. The lowest BCUT2D eigenvalue weighted by Crippen LogP contribution is -2.09. The Bertz CT molecular complexity index is 1240. The molecule has 0 saturated carbocycles. The van der Waals surface area contributed by atoms with Gasteiger partial charge in [-0.2, -0.15) is 5.10 Å². The van der Waals surface area contributed by atoms with Crippen LogP contribution in [0.2, 0.25) is 0 Å². The summed E-state index contributed by atoms with van der Waals surface area (Å²) in [5.41, 5.74) is 3.61. The summed E-state index contributed by atoms with van der Waals surface area (Å²) >= 11 is 1.50. The van der Waals surface area contributed by atoms with Crippen molar-refractivity contribution in [3.8, 4) is 11.3 Å². The minimum absolute atomic E-state index is 0.0969. The maximum absolute atomic E-state index is 12.7. The molecule has 0 atom stereocenters. The van der Waals surface area contributed by atoms with Crippen molar-refractivity contribution in [2.45, 2.75) is 0 Å². The lowest BCUT2D eigenvalue weighted by atomic mass is 10.1. The highest BCUT2D eigenvalue weighted by Gasteiger charge is 2.13. The number of aromatic nitrogens is 2. The highest BCUT2D eigenvalue weighted by atomic mass is 32.1. The summed E-state index contributed by atoms with van der Waals surface area (Å²) in [5.74, 6) is -0.0969. The number of aromatic amines is 1. The molecule has 0 saturated heterocycles. The second-order valence-corrected chi connectivity index (χ2v) is 7.38. The highest BCUT2D eigenvalue weighted by Crippen LogP contribution is 2.29. The van der Waals surface area contributed by atoms with Crippen molar-refractivity contribution in [1.82, 2.24) is 10.2 Å². The molecule has 0 fully saturated rings. The van der Waals surface area contributed by atoms with E-state index in [0.29, 0.717) is 4.88 Å². The third-order valence-corrected chi connectivity index (χ3v) is 5.63. The zero-order chi connectivity index (χ0) is 18.2. The number of rotatable bonds is 3. The van der Waals surface area contributed by atoms with Crippen LogP contribution < -0.4 is 5.32 Å². The van der Waals surface area contributed by atoms with Crippen LogP contribution in [0.5, 0.6) is 0 Å². The topological polar surface area (TPSA) is 57.8 Å². The molecule has 5 rings (SSSR count). The van der Waals surface area contributed by atoms with Crippen LogP contribution >= 0.6 is 11.3 Å². The van der Waals surface area contributed by atoms with Gasteiger partial charge >= 0.3 is 0 Å². The molecule has 0 aliphatic rings. The average molecular weight is 369 g/mol. The van der Waals surface area contributed by atoms with Crippen LogP contribution in [0.4, 0.5) is 5.69 Å². The number of hydrogen-bond donors (Lipinski definition) is 2. The fourth-order valence-electron chi connectivity index (χ4n) is 3.19. The molecule has 130 valence electrons. The number of hydrogen-bond acceptors (Lipinski definition) is 3. The molecule has 3 aromatic carbocycles. The number of nitrogens with one attached hydrogen (secondary N) is 2. The number of amides is 1. The summed E-state index contributed by atoms with van der Waals surface area (Å²) in [7, 11) is 0. The van der Waals surface area contributed by atoms with Gasteiger partial charge in [-0.1, -0.05) is 48.5 Å². The smallest absolute Gasteiger partial charge is 0.265 e. The SMILES string of the molecule is O=C(Nc1ccc2[nH]nc(-c3ccccc3)c2c1)c1cc2ccccc2s1. The first-order valence-corrected chi connectivity index (χ1v) is 9.43. The van der Waals surface area contributed by atoms with Gasteiger partial charge in [0.1, 0.15) is 0 Å². The normalized spacial score (nSPS) is 11.1. The summed E-state index contributed by atoms with van der Waals surface area (Å²) in [5, 5.41) is 12.6. The van der Waals surface area contributed by atoms with Crippen molar-refractivity contribution in [2.24, 2.45) is 0 Å². The largest absolute Gasteiger partial charge is 0.321 e. The molecule has 0 aliphatic heterocycles. The van der Waals surface area contributed by atoms with Crippen LogP contribution in [0, 0.1) is 0 Å². The number of carbonyl (C=O) groups is 1. The third-order valence-electron chi connectivity index (χ3n) is 4.52. The zero-order valence-electron chi connectivity index (χ0n) is 14.3. The Morgan fingerprint density at radius 1 is 0.926 bits per heavy atom. The van der Waals surface area contributed by atoms with Crippen LogP contribution in [-0.4, -0.2) is 16.1 Å². The van der Waals surface area contributed by atoms with Crippen molar-refractivity contribution < 1.29 is 4.79 Å². The number of carbonyl (C=O) groups excluding carboxylic acids is 1. The molecule has 5 heteroatoms. The second-order valence-electron chi connectivity index (χ2n) is 6.30. The number of anilines is 1. The third kappa shape index (κ3) is 2.88. The van der Waals surface area contributed by atoms with Gasteiger partial charge in [-0.15, -0.1) is 11.3 Å². The van der Waals surface area contributed by atoms with Crippen molar-refractivity contribution in [3.05, 3.63) is 83.7 Å². The van der Waals surface area contributed by atoms with Crippen LogP contribution in [0.3, 0.4) is 0 Å². The number of H-pyrrole nitrogens is 1. The van der Waals surface area contributed by atoms with E-state index in [1.54, 1.807) is 0 Å². The molecule has 0 spiro atoms. The summed E-state index contributed by atoms with van der Waals surface area (Å²) in [6, 6.07) is 25.8. The van der Waals surface area contributed by atoms with Gasteiger partial charge in [0.25, 0.3) is 5.91 Å². The van der Waals surface area contributed by atoms with Crippen LogP contribution in [-0.2, 0) is 0 Å². The molecule has 5 aromatic rings. The van der Waals surface area contributed by atoms with Gasteiger partial charge in [-0.05, 0) is 35.7 Å². The minimum Gasteiger partial charge on any atom is -0.321 e. The van der Waals surface area contributed by atoms with E-state index in [2.05, 4.69) is 15.5 Å². The van der Waals surface area contributed by atoms with Crippen molar-refractivity contribution in [2.75, 3.05) is 5.32 Å². The zero-order valence-corrected chi connectivity index (χ0v) is 15.1. The van der Waals surface area contributed by atoms with Crippen molar-refractivity contribution >= 4 is 43.9 Å². The maximum Gasteiger partial charge on any atom is 0.265 e. The Morgan fingerprint density at radius 3 is 2.59 bits per heavy atom. The lowest BCUT2D eigenvalue weighted by molar-refractivity contribution is 0.103. The van der Waals surface area contributed by atoms with Crippen molar-refractivity contribution in [1.29, 1.82) is 0 Å². The summed E-state index contributed by atoms with van der Waals surface area (Å²) in [4.78, 5) is 13.4. The molecule has 0 bridgehead atoms. The van der Waals surface area contributed by atoms with Gasteiger partial charge in [-0.25, -0.2) is 0 Å². The van der Waals surface area contributed by atoms with Crippen LogP contribution in [0.1, 0.15) is 9.67 Å². The predicted molar refractivity (Wildman–Crippen MR) is 111 cm³/mol. The first kappa shape index (κ1) is 15.8. The maximum atomic E-state index is 12.7. The molecule has 2 N–H and O–H groups in total. The van der Waals surface area contributed by atoms with Gasteiger partial charge in [0.2, 0.25) is 0 Å². The van der Waals surface area contributed by atoms with Crippen LogP contribution in [0.15, 0.2) is 78.9 Å². The molecule has 4 nitrogen and oxygen atoms in total. The van der Waals surface area contributed by atoms with E-state index in [1.165, 1.54) is 11.3 Å². The van der Waals surface area contributed by atoms with Gasteiger partial charge in [-0.3, -0.25) is 9.89 Å². The molecular weight excluding hydrogens is 354 g/mol. The highest BCUT2D eigenvalue weighted by molar-refractivity contribution is 7.20. The quantitative estimate of drug-likeness (QED) is 0.429. The Kier molecular flexibility index (Phi) is 3.73. The number of fused-ring (bicyclic) bond motifs is 2. The monoisotopic (exact) mass is 369 g/mol. The predicted octanol–water partition coefficient (Wildman–Crippen LogP) is 5.70. The first-order valence-electron chi connectivity index (χ1n) is 8.61. The van der Waals surface area contributed by atoms with Gasteiger partial charge in [0.15, 0.2) is 0 Å². The Hall–Kier alpha value is -3.44. The van der Waals surface area contributed by atoms with E-state index >= 15 is 0 Å². The molecule has 0 unspecified atom stereocenters. The van der Waals surface area contributed by atoms with E-state index in [9.17, 15) is 4.79 Å². The van der Waals surface area contributed by atoms with E-state index < -0.39 is 0 Å². The van der Waals surface area contributed by atoms with E-state index in [1.807, 2.05) is 78.9 Å². The number of benzene rings is 3. The Balaban J connectivity index is 1.49. The summed E-state index contributed by atoms with van der Waals surface area (Å²) in [6.07, 6.45) is 0.